The van der Waals surface area contributed by atoms with E-state index in [1.54, 1.807) is 42.6 Å². The Kier molecular flexibility index (Phi) is 4.78. The molecule has 2 aromatic carbocycles. The Morgan fingerprint density at radius 3 is 2.46 bits per heavy atom. The van der Waals surface area contributed by atoms with Crippen LogP contribution in [0.5, 0.6) is 5.75 Å². The van der Waals surface area contributed by atoms with Gasteiger partial charge in [-0.3, -0.25) is 4.79 Å². The Labute approximate surface area is 162 Å². The van der Waals surface area contributed by atoms with Crippen LogP contribution in [0, 0.1) is 0 Å². The minimum absolute atomic E-state index is 0.0872. The molecule has 4 rings (SSSR count). The summed E-state index contributed by atoms with van der Waals surface area (Å²) in [7, 11) is -3.74. The van der Waals surface area contributed by atoms with Crippen molar-refractivity contribution in [2.45, 2.75) is 28.4 Å². The van der Waals surface area contributed by atoms with Gasteiger partial charge in [-0.05, 0) is 36.4 Å². The van der Waals surface area contributed by atoms with E-state index in [0.29, 0.717) is 17.7 Å². The molecule has 2 heterocycles. The monoisotopic (exact) mass is 397 g/mol. The molecular formula is C21H19NO5S. The highest BCUT2D eigenvalue weighted by molar-refractivity contribution is 7.91. The van der Waals surface area contributed by atoms with Gasteiger partial charge in [0.05, 0.1) is 28.5 Å². The highest BCUT2D eigenvalue weighted by Gasteiger charge is 2.31. The number of nitrogens with zero attached hydrogens (tertiary/aromatic N) is 1. The number of hydrogen-bond acceptors (Lipinski definition) is 5. The SMILES string of the molecule is O=c1ccccn1C1c2cc(S(=O)(=O)c3ccccc3)ccc2OCCC1O. The molecule has 28 heavy (non-hydrogen) atoms. The van der Waals surface area contributed by atoms with Crippen LogP contribution in [0.15, 0.2) is 87.5 Å². The highest BCUT2D eigenvalue weighted by atomic mass is 32.2. The molecule has 0 spiro atoms. The second-order valence-corrected chi connectivity index (χ2v) is 8.56. The summed E-state index contributed by atoms with van der Waals surface area (Å²) in [4.78, 5) is 12.6. The van der Waals surface area contributed by atoms with Gasteiger partial charge in [-0.25, -0.2) is 8.42 Å². The zero-order chi connectivity index (χ0) is 19.7. The van der Waals surface area contributed by atoms with Gasteiger partial charge >= 0.3 is 0 Å². The Hall–Kier alpha value is -2.90. The van der Waals surface area contributed by atoms with Crippen molar-refractivity contribution in [3.8, 4) is 5.75 Å². The maximum absolute atomic E-state index is 13.0. The van der Waals surface area contributed by atoms with E-state index in [1.165, 1.54) is 34.9 Å². The number of fused-ring (bicyclic) bond motifs is 1. The Bertz CT molecular complexity index is 1150. The maximum atomic E-state index is 13.0. The lowest BCUT2D eigenvalue weighted by Gasteiger charge is -2.24. The van der Waals surface area contributed by atoms with E-state index in [2.05, 4.69) is 0 Å². The van der Waals surface area contributed by atoms with Crippen molar-refractivity contribution in [2.75, 3.05) is 6.61 Å². The summed E-state index contributed by atoms with van der Waals surface area (Å²) < 4.78 is 33.2. The molecule has 7 heteroatoms. The molecule has 2 atom stereocenters. The third kappa shape index (κ3) is 3.23. The molecule has 0 radical (unpaired) electrons. The Morgan fingerprint density at radius 1 is 0.964 bits per heavy atom. The molecule has 0 saturated heterocycles. The molecule has 1 N–H and O–H groups in total. The van der Waals surface area contributed by atoms with E-state index in [9.17, 15) is 18.3 Å². The molecule has 0 bridgehead atoms. The molecular weight excluding hydrogens is 378 g/mol. The van der Waals surface area contributed by atoms with Crippen LogP contribution in [0.1, 0.15) is 18.0 Å². The highest BCUT2D eigenvalue weighted by Crippen LogP contribution is 2.36. The van der Waals surface area contributed by atoms with E-state index >= 15 is 0 Å². The van der Waals surface area contributed by atoms with Crippen molar-refractivity contribution in [1.29, 1.82) is 0 Å². The van der Waals surface area contributed by atoms with Crippen LogP contribution in [0.25, 0.3) is 0 Å². The van der Waals surface area contributed by atoms with Crippen molar-refractivity contribution >= 4 is 9.84 Å². The van der Waals surface area contributed by atoms with Gasteiger partial charge in [0.15, 0.2) is 0 Å². The zero-order valence-electron chi connectivity index (χ0n) is 14.9. The maximum Gasteiger partial charge on any atom is 0.251 e. The van der Waals surface area contributed by atoms with E-state index in [4.69, 9.17) is 4.74 Å². The normalized spacial score (nSPS) is 19.3. The summed E-state index contributed by atoms with van der Waals surface area (Å²) in [6, 6.07) is 16.7. The number of aromatic nitrogens is 1. The van der Waals surface area contributed by atoms with E-state index < -0.39 is 22.0 Å². The van der Waals surface area contributed by atoms with Crippen molar-refractivity contribution < 1.29 is 18.3 Å². The summed E-state index contributed by atoms with van der Waals surface area (Å²) in [5.41, 5.74) is 0.186. The Morgan fingerprint density at radius 2 is 1.71 bits per heavy atom. The van der Waals surface area contributed by atoms with E-state index in [1.807, 2.05) is 0 Å². The lowest BCUT2D eigenvalue weighted by molar-refractivity contribution is 0.112. The first-order chi connectivity index (χ1) is 13.5. The van der Waals surface area contributed by atoms with Gasteiger partial charge in [-0.15, -0.1) is 0 Å². The standard InChI is InChI=1S/C21H19NO5S/c23-18-11-13-27-19-10-9-16(28(25,26)15-6-2-1-3-7-15)14-17(19)21(18)22-12-5-4-8-20(22)24/h1-10,12,14,18,21,23H,11,13H2. The van der Waals surface area contributed by atoms with Crippen LogP contribution < -0.4 is 10.3 Å². The van der Waals surface area contributed by atoms with Crippen LogP contribution in [0.4, 0.5) is 0 Å². The van der Waals surface area contributed by atoms with Gasteiger partial charge < -0.3 is 14.4 Å². The molecule has 0 aliphatic carbocycles. The molecule has 1 aromatic heterocycles. The van der Waals surface area contributed by atoms with Crippen LogP contribution in [0.2, 0.25) is 0 Å². The smallest absolute Gasteiger partial charge is 0.251 e. The second kappa shape index (κ2) is 7.26. The topological polar surface area (TPSA) is 85.6 Å². The molecule has 3 aromatic rings. The first-order valence-corrected chi connectivity index (χ1v) is 10.4. The van der Waals surface area contributed by atoms with Crippen LogP contribution >= 0.6 is 0 Å². The average Bonchev–Trinajstić information content (AvgIpc) is 2.87. The first kappa shape index (κ1) is 18.5. The van der Waals surface area contributed by atoms with E-state index in [-0.39, 0.29) is 22.0 Å². The van der Waals surface area contributed by atoms with Crippen LogP contribution in [0.3, 0.4) is 0 Å². The first-order valence-electron chi connectivity index (χ1n) is 8.90. The Balaban J connectivity index is 1.90. The molecule has 1 aliphatic heterocycles. The van der Waals surface area contributed by atoms with Crippen LogP contribution in [-0.2, 0) is 9.84 Å². The summed E-state index contributed by atoms with van der Waals surface area (Å²) in [6.45, 7) is 0.275. The van der Waals surface area contributed by atoms with Crippen molar-refractivity contribution in [3.05, 3.63) is 88.8 Å². The average molecular weight is 397 g/mol. The van der Waals surface area contributed by atoms with E-state index in [0.717, 1.165) is 0 Å². The van der Waals surface area contributed by atoms with Gasteiger partial charge in [-0.1, -0.05) is 24.3 Å². The summed E-state index contributed by atoms with van der Waals surface area (Å²) >= 11 is 0. The fraction of sp³-hybridized carbons (Fsp3) is 0.190. The fourth-order valence-corrected chi connectivity index (χ4v) is 4.77. The lowest BCUT2D eigenvalue weighted by atomic mass is 9.99. The second-order valence-electron chi connectivity index (χ2n) is 6.61. The number of aliphatic hydroxyl groups excluding tert-OH is 1. The molecule has 0 fully saturated rings. The molecule has 0 saturated carbocycles. The molecule has 144 valence electrons. The number of rotatable bonds is 3. The van der Waals surface area contributed by atoms with Gasteiger partial charge in [0.25, 0.3) is 5.56 Å². The quantitative estimate of drug-likeness (QED) is 0.734. The number of ether oxygens (including phenoxy) is 1. The summed E-state index contributed by atoms with van der Waals surface area (Å²) in [5, 5.41) is 10.7. The van der Waals surface area contributed by atoms with Crippen LogP contribution in [-0.4, -0.2) is 30.8 Å². The zero-order valence-corrected chi connectivity index (χ0v) is 15.7. The largest absolute Gasteiger partial charge is 0.493 e. The third-order valence-corrected chi connectivity index (χ3v) is 6.62. The minimum atomic E-state index is -3.74. The predicted octanol–water partition coefficient (Wildman–Crippen LogP) is 2.41. The number of pyridine rings is 1. The van der Waals surface area contributed by atoms with Gasteiger partial charge in [0.1, 0.15) is 5.75 Å². The number of aliphatic hydroxyl groups is 1. The van der Waals surface area contributed by atoms with Gasteiger partial charge in [-0.2, -0.15) is 0 Å². The number of sulfone groups is 1. The number of benzene rings is 2. The third-order valence-electron chi connectivity index (χ3n) is 4.85. The molecule has 1 aliphatic rings. The lowest BCUT2D eigenvalue weighted by Crippen LogP contribution is -2.32. The number of hydrogen-bond donors (Lipinski definition) is 1. The predicted molar refractivity (Wildman–Crippen MR) is 103 cm³/mol. The molecule has 6 nitrogen and oxygen atoms in total. The summed E-state index contributed by atoms with van der Waals surface area (Å²) in [5.74, 6) is 0.462. The van der Waals surface area contributed by atoms with Gasteiger partial charge in [0, 0.05) is 24.2 Å². The van der Waals surface area contributed by atoms with Crippen molar-refractivity contribution in [3.63, 3.8) is 0 Å². The van der Waals surface area contributed by atoms with Crippen molar-refractivity contribution in [1.82, 2.24) is 4.57 Å². The fourth-order valence-electron chi connectivity index (χ4n) is 3.45. The molecule has 2 unspecified atom stereocenters. The van der Waals surface area contributed by atoms with Crippen molar-refractivity contribution in [2.24, 2.45) is 0 Å². The van der Waals surface area contributed by atoms with Gasteiger partial charge in [0.2, 0.25) is 9.84 Å². The summed E-state index contributed by atoms with van der Waals surface area (Å²) in [6.07, 6.45) is 1.02. The molecule has 0 amide bonds. The minimum Gasteiger partial charge on any atom is -0.493 e.